The number of hydrogen-bond acceptors (Lipinski definition) is 2. The number of hydrogen-bond donors (Lipinski definition) is 1. The van der Waals surface area contributed by atoms with E-state index in [0.29, 0.717) is 18.6 Å². The Hall–Kier alpha value is -0.570. The number of ether oxygens (including phenoxy) is 1. The van der Waals surface area contributed by atoms with Gasteiger partial charge in [0.1, 0.15) is 0 Å². The van der Waals surface area contributed by atoms with Crippen molar-refractivity contribution < 1.29 is 14.6 Å². The van der Waals surface area contributed by atoms with E-state index in [9.17, 15) is 4.79 Å². The summed E-state index contributed by atoms with van der Waals surface area (Å²) >= 11 is 0. The summed E-state index contributed by atoms with van der Waals surface area (Å²) in [6.45, 7) is 2.24. The Balaban J connectivity index is 1.78. The molecule has 1 aliphatic rings. The van der Waals surface area contributed by atoms with Gasteiger partial charge in [0.05, 0.1) is 12.2 Å². The second-order valence-corrected chi connectivity index (χ2v) is 5.76. The van der Waals surface area contributed by atoms with Crippen molar-refractivity contribution in [2.24, 2.45) is 0 Å². The van der Waals surface area contributed by atoms with Gasteiger partial charge >= 0.3 is 5.97 Å². The molecule has 0 aromatic carbocycles. The van der Waals surface area contributed by atoms with Gasteiger partial charge < -0.3 is 9.84 Å². The van der Waals surface area contributed by atoms with Gasteiger partial charge in [0.25, 0.3) is 0 Å². The zero-order chi connectivity index (χ0) is 13.9. The van der Waals surface area contributed by atoms with Crippen LogP contribution in [0.25, 0.3) is 0 Å². The van der Waals surface area contributed by atoms with Crippen LogP contribution < -0.4 is 0 Å². The standard InChI is InChI=1S/C16H30O3/c1-2-3-4-8-11-14-15(19-14)12-9-6-5-7-10-13-16(17)18/h14-15H,2-13H2,1H3,(H,17,18). The Labute approximate surface area is 117 Å². The third kappa shape index (κ3) is 9.04. The molecule has 0 spiro atoms. The predicted octanol–water partition coefficient (Wildman–Crippen LogP) is 4.54. The lowest BCUT2D eigenvalue weighted by Crippen LogP contribution is -1.95. The van der Waals surface area contributed by atoms with Crippen molar-refractivity contribution in [2.75, 3.05) is 0 Å². The normalized spacial score (nSPS) is 21.5. The van der Waals surface area contributed by atoms with E-state index in [1.54, 1.807) is 0 Å². The second-order valence-electron chi connectivity index (χ2n) is 5.76. The van der Waals surface area contributed by atoms with E-state index in [0.717, 1.165) is 12.8 Å². The fraction of sp³-hybridized carbons (Fsp3) is 0.938. The Kier molecular flexibility index (Phi) is 8.89. The van der Waals surface area contributed by atoms with Gasteiger partial charge in [0.15, 0.2) is 0 Å². The third-order valence-corrected chi connectivity index (χ3v) is 3.91. The average Bonchev–Trinajstić information content (AvgIpc) is 3.12. The molecule has 2 unspecified atom stereocenters. The average molecular weight is 270 g/mol. The summed E-state index contributed by atoms with van der Waals surface area (Å²) in [6, 6.07) is 0. The lowest BCUT2D eigenvalue weighted by molar-refractivity contribution is -0.137. The molecule has 3 heteroatoms. The molecule has 1 heterocycles. The Morgan fingerprint density at radius 1 is 0.895 bits per heavy atom. The van der Waals surface area contributed by atoms with Crippen LogP contribution in [0.2, 0.25) is 0 Å². The molecule has 1 rings (SSSR count). The molecule has 3 nitrogen and oxygen atoms in total. The highest BCUT2D eigenvalue weighted by Gasteiger charge is 2.36. The molecule has 2 atom stereocenters. The molecular formula is C16H30O3. The molecule has 0 aromatic heterocycles. The summed E-state index contributed by atoms with van der Waals surface area (Å²) in [5, 5.41) is 8.51. The van der Waals surface area contributed by atoms with Crippen LogP contribution >= 0.6 is 0 Å². The SMILES string of the molecule is CCCCCCC1OC1CCCCCCCC(=O)O. The minimum absolute atomic E-state index is 0.325. The van der Waals surface area contributed by atoms with Crippen molar-refractivity contribution in [3.8, 4) is 0 Å². The summed E-state index contributed by atoms with van der Waals surface area (Å²) in [5.74, 6) is -0.669. The smallest absolute Gasteiger partial charge is 0.303 e. The number of carboxylic acid groups (broad SMARTS) is 1. The molecule has 1 N–H and O–H groups in total. The van der Waals surface area contributed by atoms with E-state index in [2.05, 4.69) is 6.92 Å². The second kappa shape index (κ2) is 10.2. The minimum atomic E-state index is -0.669. The fourth-order valence-corrected chi connectivity index (χ4v) is 2.61. The topological polar surface area (TPSA) is 49.8 Å². The van der Waals surface area contributed by atoms with Crippen molar-refractivity contribution in [2.45, 2.75) is 96.2 Å². The number of rotatable bonds is 13. The molecule has 0 amide bonds. The maximum Gasteiger partial charge on any atom is 0.303 e. The van der Waals surface area contributed by atoms with Gasteiger partial charge in [-0.25, -0.2) is 0 Å². The van der Waals surface area contributed by atoms with Crippen LogP contribution in [0.15, 0.2) is 0 Å². The van der Waals surface area contributed by atoms with Crippen molar-refractivity contribution in [1.29, 1.82) is 0 Å². The first-order valence-corrected chi connectivity index (χ1v) is 8.11. The van der Waals surface area contributed by atoms with Crippen LogP contribution in [0.1, 0.15) is 84.0 Å². The number of unbranched alkanes of at least 4 members (excludes halogenated alkanes) is 7. The van der Waals surface area contributed by atoms with E-state index in [-0.39, 0.29) is 0 Å². The fourth-order valence-electron chi connectivity index (χ4n) is 2.61. The van der Waals surface area contributed by atoms with Gasteiger partial charge in [-0.15, -0.1) is 0 Å². The van der Waals surface area contributed by atoms with E-state index in [1.165, 1.54) is 57.8 Å². The highest BCUT2D eigenvalue weighted by Crippen LogP contribution is 2.31. The lowest BCUT2D eigenvalue weighted by atomic mass is 10.0. The molecule has 1 aliphatic heterocycles. The summed E-state index contributed by atoms with van der Waals surface area (Å²) < 4.78 is 5.68. The van der Waals surface area contributed by atoms with Crippen LogP contribution in [0.3, 0.4) is 0 Å². The number of epoxide rings is 1. The maximum atomic E-state index is 10.3. The zero-order valence-electron chi connectivity index (χ0n) is 12.4. The molecule has 112 valence electrons. The van der Waals surface area contributed by atoms with Gasteiger partial charge in [0.2, 0.25) is 0 Å². The van der Waals surface area contributed by atoms with Crippen molar-refractivity contribution >= 4 is 5.97 Å². The summed E-state index contributed by atoms with van der Waals surface area (Å²) in [4.78, 5) is 10.3. The first-order valence-electron chi connectivity index (χ1n) is 8.11. The van der Waals surface area contributed by atoms with Crippen molar-refractivity contribution in [1.82, 2.24) is 0 Å². The lowest BCUT2D eigenvalue weighted by Gasteiger charge is -1.99. The van der Waals surface area contributed by atoms with E-state index in [1.807, 2.05) is 0 Å². The van der Waals surface area contributed by atoms with Crippen LogP contribution in [0.4, 0.5) is 0 Å². The number of aliphatic carboxylic acids is 1. The Morgan fingerprint density at radius 3 is 2.00 bits per heavy atom. The Morgan fingerprint density at radius 2 is 1.42 bits per heavy atom. The zero-order valence-corrected chi connectivity index (χ0v) is 12.4. The van der Waals surface area contributed by atoms with Gasteiger partial charge in [0, 0.05) is 6.42 Å². The van der Waals surface area contributed by atoms with Gasteiger partial charge in [-0.1, -0.05) is 58.3 Å². The highest BCUT2D eigenvalue weighted by molar-refractivity contribution is 5.66. The molecular weight excluding hydrogens is 240 g/mol. The molecule has 1 fully saturated rings. The minimum Gasteiger partial charge on any atom is -0.481 e. The Bertz CT molecular complexity index is 240. The molecule has 0 bridgehead atoms. The van der Waals surface area contributed by atoms with Crippen LogP contribution in [-0.2, 0) is 9.53 Å². The molecule has 19 heavy (non-hydrogen) atoms. The van der Waals surface area contributed by atoms with Gasteiger partial charge in [-0.3, -0.25) is 4.79 Å². The van der Waals surface area contributed by atoms with Gasteiger partial charge in [-0.2, -0.15) is 0 Å². The molecule has 1 saturated heterocycles. The summed E-state index contributed by atoms with van der Waals surface area (Å²) in [7, 11) is 0. The first-order chi connectivity index (χ1) is 9.24. The number of carbonyl (C=O) groups is 1. The highest BCUT2D eigenvalue weighted by atomic mass is 16.6. The van der Waals surface area contributed by atoms with Crippen LogP contribution in [-0.4, -0.2) is 23.3 Å². The predicted molar refractivity (Wildman–Crippen MR) is 77.4 cm³/mol. The number of carboxylic acids is 1. The summed E-state index contributed by atoms with van der Waals surface area (Å²) in [6.07, 6.45) is 14.7. The quantitative estimate of drug-likeness (QED) is 0.395. The van der Waals surface area contributed by atoms with E-state index < -0.39 is 5.97 Å². The molecule has 0 radical (unpaired) electrons. The largest absolute Gasteiger partial charge is 0.481 e. The molecule has 0 aromatic rings. The maximum absolute atomic E-state index is 10.3. The van der Waals surface area contributed by atoms with E-state index in [4.69, 9.17) is 9.84 Å². The van der Waals surface area contributed by atoms with Crippen LogP contribution in [0, 0.1) is 0 Å². The monoisotopic (exact) mass is 270 g/mol. The third-order valence-electron chi connectivity index (χ3n) is 3.91. The van der Waals surface area contributed by atoms with Crippen LogP contribution in [0.5, 0.6) is 0 Å². The van der Waals surface area contributed by atoms with E-state index >= 15 is 0 Å². The summed E-state index contributed by atoms with van der Waals surface area (Å²) in [5.41, 5.74) is 0. The van der Waals surface area contributed by atoms with Crippen molar-refractivity contribution in [3.63, 3.8) is 0 Å². The molecule has 0 aliphatic carbocycles. The van der Waals surface area contributed by atoms with Crippen molar-refractivity contribution in [3.05, 3.63) is 0 Å². The first kappa shape index (κ1) is 16.5. The molecule has 0 saturated carbocycles. The van der Waals surface area contributed by atoms with Gasteiger partial charge in [-0.05, 0) is 19.3 Å².